The maximum Gasteiger partial charge on any atom is 0.319 e. The zero-order valence-electron chi connectivity index (χ0n) is 24.7. The molecule has 2 aromatic carbocycles. The number of allylic oxidation sites excluding steroid dienone is 3. The molecule has 13 nitrogen and oxygen atoms in total. The van der Waals surface area contributed by atoms with Gasteiger partial charge < -0.3 is 49.3 Å². The molecule has 0 aromatic heterocycles. The van der Waals surface area contributed by atoms with Crippen LogP contribution < -0.4 is 30.5 Å². The van der Waals surface area contributed by atoms with Crippen molar-refractivity contribution in [3.63, 3.8) is 0 Å². The molecule has 5 rings (SSSR count). The molecule has 4 N–H and O–H groups in total. The summed E-state index contributed by atoms with van der Waals surface area (Å²) in [6.07, 6.45) is 4.72. The molecule has 0 atom stereocenters. The molecule has 0 unspecified atom stereocenters. The Kier molecular flexibility index (Phi) is 10.5. The molecule has 2 aliphatic heterocycles. The summed E-state index contributed by atoms with van der Waals surface area (Å²) in [5, 5.41) is 27.6. The van der Waals surface area contributed by atoms with Crippen molar-refractivity contribution in [1.82, 2.24) is 5.32 Å². The van der Waals surface area contributed by atoms with Gasteiger partial charge in [0.25, 0.3) is 5.95 Å². The number of rotatable bonds is 16. The summed E-state index contributed by atoms with van der Waals surface area (Å²) in [6.45, 7) is 4.80. The Morgan fingerprint density at radius 2 is 1.51 bits per heavy atom. The van der Waals surface area contributed by atoms with Crippen LogP contribution in [0.1, 0.15) is 13.3 Å². The van der Waals surface area contributed by atoms with E-state index in [1.807, 2.05) is 0 Å². The van der Waals surface area contributed by atoms with E-state index in [1.165, 1.54) is 31.2 Å². The van der Waals surface area contributed by atoms with Crippen molar-refractivity contribution >= 4 is 34.8 Å². The minimum atomic E-state index is -0.495. The number of ether oxygens (including phenoxy) is 6. The lowest BCUT2D eigenvalue weighted by atomic mass is 9.93. The summed E-state index contributed by atoms with van der Waals surface area (Å²) < 4.78 is 33.3. The van der Waals surface area contributed by atoms with Gasteiger partial charge in [0, 0.05) is 47.2 Å². The first-order chi connectivity index (χ1) is 21.8. The van der Waals surface area contributed by atoms with Crippen molar-refractivity contribution in [3.8, 4) is 28.4 Å². The predicted molar refractivity (Wildman–Crippen MR) is 161 cm³/mol. The fourth-order valence-corrected chi connectivity index (χ4v) is 4.81. The van der Waals surface area contributed by atoms with Gasteiger partial charge in [-0.25, -0.2) is 4.79 Å². The molecule has 3 aliphatic rings. The van der Waals surface area contributed by atoms with E-state index in [1.54, 1.807) is 18.2 Å². The number of Topliss-reactive ketones (excluding diaryl/α,β-unsaturated/α-hetero) is 1. The first kappa shape index (κ1) is 31.7. The third kappa shape index (κ3) is 8.08. The fraction of sp³-hybridized carbons (Fsp3) is 0.344. The first-order valence-electron chi connectivity index (χ1n) is 14.4. The van der Waals surface area contributed by atoms with Gasteiger partial charge in [0.1, 0.15) is 17.3 Å². The highest BCUT2D eigenvalue weighted by Gasteiger charge is 2.29. The average molecular weight is 623 g/mol. The Hall–Kier alpha value is -4.69. The minimum absolute atomic E-state index is 0.0935. The lowest BCUT2D eigenvalue weighted by molar-refractivity contribution is -0.118. The van der Waals surface area contributed by atoms with E-state index in [2.05, 4.69) is 10.6 Å². The molecule has 0 radical (unpaired) electrons. The number of carbonyl (C=O) groups excluding carboxylic acids is 3. The third-order valence-electron chi connectivity index (χ3n) is 6.84. The molecule has 2 aromatic rings. The molecule has 0 saturated heterocycles. The molecular formula is C32H34N2O11. The van der Waals surface area contributed by atoms with E-state index < -0.39 is 12.0 Å². The van der Waals surface area contributed by atoms with Gasteiger partial charge in [0.05, 0.1) is 58.1 Å². The number of aromatic hydroxyl groups is 1. The van der Waals surface area contributed by atoms with Crippen molar-refractivity contribution in [3.05, 3.63) is 58.7 Å². The number of benzene rings is 2. The van der Waals surface area contributed by atoms with Crippen LogP contribution in [-0.4, -0.2) is 87.2 Å². The summed E-state index contributed by atoms with van der Waals surface area (Å²) in [5.74, 6) is -0.206. The largest absolute Gasteiger partial charge is 0.508 e. The second-order valence-corrected chi connectivity index (χ2v) is 10.2. The molecule has 6 bridgehead atoms. The highest BCUT2D eigenvalue weighted by molar-refractivity contribution is 6.06. The van der Waals surface area contributed by atoms with E-state index in [-0.39, 0.29) is 52.9 Å². The number of urea groups is 1. The molecule has 1 aliphatic carbocycles. The number of amides is 2. The summed E-state index contributed by atoms with van der Waals surface area (Å²) in [7, 11) is 0. The van der Waals surface area contributed by atoms with Crippen molar-refractivity contribution in [2.45, 2.75) is 13.3 Å². The Bertz CT molecular complexity index is 1660. The van der Waals surface area contributed by atoms with Gasteiger partial charge in [-0.2, -0.15) is 0 Å². The number of nitrogens with one attached hydrogen (secondary N) is 2. The molecule has 45 heavy (non-hydrogen) atoms. The second-order valence-electron chi connectivity index (χ2n) is 10.2. The van der Waals surface area contributed by atoms with Crippen LogP contribution in [0.5, 0.6) is 17.2 Å². The minimum Gasteiger partial charge on any atom is -0.508 e. The Morgan fingerprint density at radius 3 is 2.22 bits per heavy atom. The van der Waals surface area contributed by atoms with Crippen LogP contribution in [0.2, 0.25) is 0 Å². The fourth-order valence-electron chi connectivity index (χ4n) is 4.81. The van der Waals surface area contributed by atoms with Gasteiger partial charge in [0.15, 0.2) is 17.3 Å². The van der Waals surface area contributed by atoms with Gasteiger partial charge in [0.2, 0.25) is 0 Å². The predicted octanol–water partition coefficient (Wildman–Crippen LogP) is 1.81. The number of ketones is 2. The Labute approximate surface area is 258 Å². The normalized spacial score (nSPS) is 14.1. The third-order valence-corrected chi connectivity index (χ3v) is 6.84. The number of aliphatic hydroxyl groups is 1. The molecule has 2 amide bonds. The lowest BCUT2D eigenvalue weighted by Crippen LogP contribution is -2.35. The number of phenols is 1. The zero-order chi connectivity index (χ0) is 31.8. The number of anilines is 1. The summed E-state index contributed by atoms with van der Waals surface area (Å²) in [6, 6.07) is 5.57. The molecule has 238 valence electrons. The maximum atomic E-state index is 12.7. The van der Waals surface area contributed by atoms with Gasteiger partial charge in [-0.3, -0.25) is 9.59 Å². The number of aliphatic hydroxyl groups excluding tert-OH is 1. The van der Waals surface area contributed by atoms with Crippen LogP contribution in [0.3, 0.4) is 0 Å². The van der Waals surface area contributed by atoms with Crippen LogP contribution >= 0.6 is 0 Å². The summed E-state index contributed by atoms with van der Waals surface area (Å²) in [5.41, 5.74) is 1.87. The van der Waals surface area contributed by atoms with Crippen LogP contribution in [0.25, 0.3) is 22.6 Å². The Balaban J connectivity index is 1.12. The summed E-state index contributed by atoms with van der Waals surface area (Å²) in [4.78, 5) is 35.6. The van der Waals surface area contributed by atoms with Crippen LogP contribution in [0.15, 0.2) is 48.3 Å². The highest BCUT2D eigenvalue weighted by Crippen LogP contribution is 2.45. The number of phenolic OH excluding ortho intramolecular Hbond substituents is 1. The van der Waals surface area contributed by atoms with E-state index in [4.69, 9.17) is 28.4 Å². The van der Waals surface area contributed by atoms with Crippen molar-refractivity contribution in [2.75, 3.05) is 64.7 Å². The highest BCUT2D eigenvalue weighted by atomic mass is 16.6. The number of carbonyl (C=O) groups is 3. The van der Waals surface area contributed by atoms with E-state index in [9.17, 15) is 24.6 Å². The van der Waals surface area contributed by atoms with Crippen molar-refractivity contribution in [2.24, 2.45) is 0 Å². The smallest absolute Gasteiger partial charge is 0.319 e. The van der Waals surface area contributed by atoms with Crippen LogP contribution in [0.4, 0.5) is 10.5 Å². The topological polar surface area (TPSA) is 171 Å². The zero-order valence-corrected chi connectivity index (χ0v) is 24.7. The number of hydrogen-bond acceptors (Lipinski definition) is 11. The van der Waals surface area contributed by atoms with E-state index in [0.29, 0.717) is 80.3 Å². The molecular weight excluding hydrogens is 588 g/mol. The van der Waals surface area contributed by atoms with Crippen molar-refractivity contribution in [1.29, 1.82) is 0 Å². The first-order valence-corrected chi connectivity index (χ1v) is 14.4. The molecule has 0 fully saturated rings. The average Bonchev–Trinajstić information content (AvgIpc) is 3.03. The van der Waals surface area contributed by atoms with Gasteiger partial charge in [-0.1, -0.05) is 0 Å². The SMILES string of the molecule is CC(=O)CCOCCOCCOCCOCCNC(=O)Nc1cc2c3c(c1)=C(O)Oc1c(cc(O)cc1-2)OC1=CC(=O)C=CC=31. The van der Waals surface area contributed by atoms with Crippen LogP contribution in [0, 0.1) is 0 Å². The van der Waals surface area contributed by atoms with Crippen molar-refractivity contribution < 1.29 is 53.0 Å². The number of hydrogen-bond donors (Lipinski definition) is 4. The number of fused-ring (bicyclic) bond motifs is 1. The second kappa shape index (κ2) is 14.9. The Morgan fingerprint density at radius 1 is 0.822 bits per heavy atom. The van der Waals surface area contributed by atoms with Gasteiger partial charge >= 0.3 is 6.03 Å². The maximum absolute atomic E-state index is 12.7. The van der Waals surface area contributed by atoms with E-state index in [0.717, 1.165) is 0 Å². The monoisotopic (exact) mass is 622 g/mol. The molecule has 0 saturated carbocycles. The lowest BCUT2D eigenvalue weighted by Gasteiger charge is -2.21. The molecule has 2 heterocycles. The summed E-state index contributed by atoms with van der Waals surface area (Å²) >= 11 is 0. The van der Waals surface area contributed by atoms with E-state index >= 15 is 0 Å². The molecule has 0 spiro atoms. The van der Waals surface area contributed by atoms with Gasteiger partial charge in [-0.15, -0.1) is 0 Å². The van der Waals surface area contributed by atoms with Crippen LogP contribution in [-0.2, 0) is 28.5 Å². The van der Waals surface area contributed by atoms with Gasteiger partial charge in [-0.05, 0) is 42.8 Å². The molecule has 13 heteroatoms. The standard InChI is InChI=1S/C32H34N2O11/c1-19(35)4-6-40-8-10-42-12-13-43-11-9-41-7-5-33-32(39)34-20-14-24-25-16-22(37)18-28-30(25)45-31(38)26(15-20)29(24)23-3-2-21(36)17-27(23)44-28/h2-3,14-18,37-38H,4-13H2,1H3,(H2,33,34,39). The quantitative estimate of drug-likeness (QED) is 0.201.